The first-order valence-electron chi connectivity index (χ1n) is 10.3. The van der Waals surface area contributed by atoms with Crippen molar-refractivity contribution >= 4 is 28.2 Å². The summed E-state index contributed by atoms with van der Waals surface area (Å²) in [4.78, 5) is 28.2. The van der Waals surface area contributed by atoms with Crippen molar-refractivity contribution in [1.82, 2.24) is 19.5 Å². The summed E-state index contributed by atoms with van der Waals surface area (Å²) < 4.78 is 7.08. The van der Waals surface area contributed by atoms with Gasteiger partial charge in [0.05, 0.1) is 19.0 Å². The molecule has 0 atom stereocenters. The zero-order valence-electron chi connectivity index (χ0n) is 17.5. The van der Waals surface area contributed by atoms with Crippen LogP contribution in [-0.2, 0) is 6.54 Å². The minimum absolute atomic E-state index is 0.164. The highest BCUT2D eigenvalue weighted by Crippen LogP contribution is 2.32. The Morgan fingerprint density at radius 1 is 1.22 bits per heavy atom. The molecule has 1 aliphatic rings. The Labute approximate surface area is 189 Å². The molecule has 5 rings (SSSR count). The van der Waals surface area contributed by atoms with Crippen LogP contribution in [0, 0.1) is 0 Å². The van der Waals surface area contributed by atoms with Crippen LogP contribution in [-0.4, -0.2) is 45.6 Å². The molecule has 0 spiro atoms. The molecule has 1 fully saturated rings. The van der Waals surface area contributed by atoms with Crippen LogP contribution in [0.15, 0.2) is 66.6 Å². The molecule has 1 aliphatic heterocycles. The van der Waals surface area contributed by atoms with Gasteiger partial charge in [0.25, 0.3) is 5.91 Å². The number of carbonyl (C=O) groups is 1. The number of pyridine rings is 2. The Balaban J connectivity index is 1.19. The van der Waals surface area contributed by atoms with Gasteiger partial charge in [0.2, 0.25) is 0 Å². The third-order valence-corrected chi connectivity index (χ3v) is 6.26. The highest BCUT2D eigenvalue weighted by atomic mass is 32.1. The monoisotopic (exact) mass is 446 g/mol. The van der Waals surface area contributed by atoms with Gasteiger partial charge in [-0.2, -0.15) is 0 Å². The summed E-state index contributed by atoms with van der Waals surface area (Å²) in [6.45, 7) is 2.31. The van der Waals surface area contributed by atoms with Gasteiger partial charge in [0, 0.05) is 49.5 Å². The van der Waals surface area contributed by atoms with Crippen LogP contribution in [0.5, 0.6) is 5.75 Å². The van der Waals surface area contributed by atoms with E-state index in [1.54, 1.807) is 25.7 Å². The first kappa shape index (κ1) is 20.2. The van der Waals surface area contributed by atoms with Crippen molar-refractivity contribution < 1.29 is 9.53 Å². The molecule has 8 nitrogen and oxygen atoms in total. The molecule has 0 saturated carbocycles. The number of anilines is 2. The maximum absolute atomic E-state index is 12.8. The minimum Gasteiger partial charge on any atom is -0.495 e. The highest BCUT2D eigenvalue weighted by Gasteiger charge is 2.31. The van der Waals surface area contributed by atoms with Crippen molar-refractivity contribution in [3.63, 3.8) is 0 Å². The Bertz CT molecular complexity index is 1200. The smallest absolute Gasteiger partial charge is 0.274 e. The second kappa shape index (κ2) is 8.80. The van der Waals surface area contributed by atoms with E-state index in [0.29, 0.717) is 23.3 Å². The van der Waals surface area contributed by atoms with Gasteiger partial charge in [-0.15, -0.1) is 11.3 Å². The quantitative estimate of drug-likeness (QED) is 0.467. The van der Waals surface area contributed by atoms with E-state index in [1.807, 2.05) is 52.5 Å². The van der Waals surface area contributed by atoms with Crippen LogP contribution in [0.1, 0.15) is 27.7 Å². The second-order valence-corrected chi connectivity index (χ2v) is 8.42. The lowest BCUT2D eigenvalue weighted by Gasteiger charge is -2.39. The van der Waals surface area contributed by atoms with Crippen molar-refractivity contribution in [3.05, 3.63) is 83.5 Å². The lowest BCUT2D eigenvalue weighted by Crippen LogP contribution is -2.45. The molecule has 9 heteroatoms. The molecule has 162 valence electrons. The number of rotatable bonds is 7. The Morgan fingerprint density at radius 2 is 2.06 bits per heavy atom. The van der Waals surface area contributed by atoms with Gasteiger partial charge in [-0.3, -0.25) is 15.1 Å². The summed E-state index contributed by atoms with van der Waals surface area (Å²) in [5.41, 5.74) is 2.68. The Kier molecular flexibility index (Phi) is 5.55. The van der Waals surface area contributed by atoms with Crippen molar-refractivity contribution in [2.45, 2.75) is 12.5 Å². The molecule has 0 radical (unpaired) electrons. The van der Waals surface area contributed by atoms with Crippen molar-refractivity contribution in [2.75, 3.05) is 30.4 Å². The van der Waals surface area contributed by atoms with Crippen LogP contribution >= 0.6 is 11.3 Å². The Hall–Kier alpha value is -3.72. The van der Waals surface area contributed by atoms with E-state index >= 15 is 0 Å². The van der Waals surface area contributed by atoms with Crippen LogP contribution in [0.25, 0.3) is 0 Å². The van der Waals surface area contributed by atoms with E-state index in [9.17, 15) is 4.79 Å². The number of thiazole rings is 1. The summed E-state index contributed by atoms with van der Waals surface area (Å²) in [5, 5.41) is 5.58. The van der Waals surface area contributed by atoms with E-state index in [4.69, 9.17) is 4.74 Å². The third kappa shape index (κ3) is 4.19. The Morgan fingerprint density at radius 3 is 2.81 bits per heavy atom. The van der Waals surface area contributed by atoms with Gasteiger partial charge in [-0.05, 0) is 42.0 Å². The second-order valence-electron chi connectivity index (χ2n) is 7.57. The molecule has 5 heterocycles. The summed E-state index contributed by atoms with van der Waals surface area (Å²) in [6.07, 6.45) is 7.13. The molecule has 0 bridgehead atoms. The fourth-order valence-corrected chi connectivity index (χ4v) is 4.46. The predicted octanol–water partition coefficient (Wildman–Crippen LogP) is 3.65. The molecule has 1 N–H and O–H groups in total. The van der Waals surface area contributed by atoms with Gasteiger partial charge in [0.15, 0.2) is 5.13 Å². The van der Waals surface area contributed by atoms with E-state index in [0.717, 1.165) is 35.9 Å². The fourth-order valence-electron chi connectivity index (χ4n) is 3.67. The summed E-state index contributed by atoms with van der Waals surface area (Å²) in [6, 6.07) is 11.5. The van der Waals surface area contributed by atoms with Crippen molar-refractivity contribution in [3.8, 4) is 5.75 Å². The number of ether oxygens (including phenoxy) is 1. The zero-order chi connectivity index (χ0) is 21.9. The number of amides is 1. The number of nitrogens with one attached hydrogen (secondary N) is 1. The molecule has 1 saturated heterocycles. The molecule has 0 aromatic carbocycles. The number of hydrogen-bond acceptors (Lipinski definition) is 7. The number of nitrogens with zero attached hydrogens (tertiary/aromatic N) is 5. The van der Waals surface area contributed by atoms with Crippen LogP contribution < -0.4 is 15.0 Å². The largest absolute Gasteiger partial charge is 0.495 e. The molecule has 4 aromatic heterocycles. The van der Waals surface area contributed by atoms with Crippen LogP contribution in [0.3, 0.4) is 0 Å². The average Bonchev–Trinajstić information content (AvgIpc) is 3.44. The van der Waals surface area contributed by atoms with Gasteiger partial charge in [-0.1, -0.05) is 0 Å². The molecule has 1 amide bonds. The number of carbonyl (C=O) groups excluding carboxylic acids is 1. The third-order valence-electron chi connectivity index (χ3n) is 5.49. The van der Waals surface area contributed by atoms with E-state index < -0.39 is 0 Å². The summed E-state index contributed by atoms with van der Waals surface area (Å²) >= 11 is 1.45. The van der Waals surface area contributed by atoms with Crippen LogP contribution in [0.2, 0.25) is 0 Å². The number of aromatic nitrogens is 4. The van der Waals surface area contributed by atoms with E-state index in [2.05, 4.69) is 25.2 Å². The minimum atomic E-state index is -0.164. The van der Waals surface area contributed by atoms with Crippen molar-refractivity contribution in [1.29, 1.82) is 0 Å². The van der Waals surface area contributed by atoms with E-state index in [-0.39, 0.29) is 5.91 Å². The van der Waals surface area contributed by atoms with Crippen molar-refractivity contribution in [2.24, 2.45) is 0 Å². The fraction of sp³-hybridized carbons (Fsp3) is 0.217. The van der Waals surface area contributed by atoms with Gasteiger partial charge < -0.3 is 14.2 Å². The summed E-state index contributed by atoms with van der Waals surface area (Å²) in [5.74, 6) is 1.84. The van der Waals surface area contributed by atoms with Gasteiger partial charge >= 0.3 is 0 Å². The SMILES string of the molecule is COc1ccc(N2CC(c3csc(NC(=O)c4cccn4Cc4ccncc4)n3)C2)nc1. The van der Waals surface area contributed by atoms with Gasteiger partial charge in [0.1, 0.15) is 17.3 Å². The lowest BCUT2D eigenvalue weighted by molar-refractivity contribution is 0.101. The topological polar surface area (TPSA) is 85.2 Å². The normalized spacial score (nSPS) is 13.6. The molecule has 32 heavy (non-hydrogen) atoms. The van der Waals surface area contributed by atoms with Gasteiger partial charge in [-0.25, -0.2) is 9.97 Å². The standard InChI is InChI=1S/C23H22N6O2S/c1-31-18-4-5-21(25-11-18)29-13-17(14-29)19-15-32-23(26-19)27-22(30)20-3-2-10-28(20)12-16-6-8-24-9-7-16/h2-11,15,17H,12-14H2,1H3,(H,26,27,30). The molecule has 0 aliphatic carbocycles. The maximum atomic E-state index is 12.8. The lowest BCUT2D eigenvalue weighted by atomic mass is 9.97. The molecular weight excluding hydrogens is 424 g/mol. The highest BCUT2D eigenvalue weighted by molar-refractivity contribution is 7.14. The average molecular weight is 447 g/mol. The molecule has 4 aromatic rings. The first-order valence-corrected chi connectivity index (χ1v) is 11.1. The number of hydrogen-bond donors (Lipinski definition) is 1. The molecule has 0 unspecified atom stereocenters. The molecular formula is C23H22N6O2S. The zero-order valence-corrected chi connectivity index (χ0v) is 18.3. The first-order chi connectivity index (χ1) is 15.7. The predicted molar refractivity (Wildman–Crippen MR) is 124 cm³/mol. The summed E-state index contributed by atoms with van der Waals surface area (Å²) in [7, 11) is 1.63. The van der Waals surface area contributed by atoms with E-state index in [1.165, 1.54) is 11.3 Å². The maximum Gasteiger partial charge on any atom is 0.274 e. The number of methoxy groups -OCH3 is 1. The van der Waals surface area contributed by atoms with Crippen LogP contribution in [0.4, 0.5) is 10.9 Å².